The van der Waals surface area contributed by atoms with Crippen LogP contribution in [0.3, 0.4) is 0 Å². The van der Waals surface area contributed by atoms with Gasteiger partial charge in [0.2, 0.25) is 0 Å². The lowest BCUT2D eigenvalue weighted by molar-refractivity contribution is 0.646. The highest BCUT2D eigenvalue weighted by Crippen LogP contribution is 2.13. The van der Waals surface area contributed by atoms with Gasteiger partial charge in [-0.25, -0.2) is 0 Å². The standard InChI is InChI=1S/C4H6N2/c1-2-6-3-4(6)5-1/h1-3H2. The fraction of sp³-hybridized carbons (Fsp3) is 0.750. The van der Waals surface area contributed by atoms with Gasteiger partial charge < -0.3 is 4.90 Å². The number of rotatable bonds is 0. The van der Waals surface area contributed by atoms with Gasteiger partial charge in [-0.1, -0.05) is 0 Å². The van der Waals surface area contributed by atoms with Gasteiger partial charge >= 0.3 is 0 Å². The number of hydrogen-bond donors (Lipinski definition) is 0. The second-order valence-electron chi connectivity index (χ2n) is 1.72. The summed E-state index contributed by atoms with van der Waals surface area (Å²) >= 11 is 0. The largest absolute Gasteiger partial charge is 0.350 e. The Morgan fingerprint density at radius 2 is 2.67 bits per heavy atom. The maximum atomic E-state index is 4.15. The Bertz CT molecular complexity index is 106. The SMILES string of the molecule is C1CN2CC2=N1. The van der Waals surface area contributed by atoms with E-state index in [0.29, 0.717) is 0 Å². The third-order valence-electron chi connectivity index (χ3n) is 1.26. The molecule has 2 heteroatoms. The minimum absolute atomic E-state index is 1.05. The van der Waals surface area contributed by atoms with Gasteiger partial charge in [-0.2, -0.15) is 0 Å². The van der Waals surface area contributed by atoms with Crippen LogP contribution >= 0.6 is 0 Å². The van der Waals surface area contributed by atoms with Gasteiger partial charge in [0.15, 0.2) is 0 Å². The topological polar surface area (TPSA) is 15.4 Å². The molecule has 32 valence electrons. The molecular formula is C4H6N2. The van der Waals surface area contributed by atoms with Crippen molar-refractivity contribution in [3.05, 3.63) is 0 Å². The Labute approximate surface area is 36.5 Å². The second kappa shape index (κ2) is 0.600. The highest BCUT2D eigenvalue weighted by molar-refractivity contribution is 5.98. The average Bonchev–Trinajstić information content (AvgIpc) is 2.17. The van der Waals surface area contributed by atoms with Crippen molar-refractivity contribution in [2.75, 3.05) is 19.6 Å². The minimum Gasteiger partial charge on any atom is -0.350 e. The first kappa shape index (κ1) is 2.61. The summed E-state index contributed by atoms with van der Waals surface area (Å²) < 4.78 is 0. The van der Waals surface area contributed by atoms with E-state index >= 15 is 0 Å². The first-order valence-corrected chi connectivity index (χ1v) is 2.25. The Kier molecular flexibility index (Phi) is 0.261. The van der Waals surface area contributed by atoms with E-state index in [2.05, 4.69) is 9.89 Å². The predicted molar refractivity (Wildman–Crippen MR) is 23.9 cm³/mol. The van der Waals surface area contributed by atoms with Crippen molar-refractivity contribution in [3.8, 4) is 0 Å². The van der Waals surface area contributed by atoms with E-state index in [1.165, 1.54) is 18.9 Å². The van der Waals surface area contributed by atoms with Gasteiger partial charge in [-0.05, 0) is 0 Å². The van der Waals surface area contributed by atoms with E-state index in [9.17, 15) is 0 Å². The highest BCUT2D eigenvalue weighted by atomic mass is 15.4. The molecule has 0 amide bonds. The van der Waals surface area contributed by atoms with Gasteiger partial charge in [-0.3, -0.25) is 4.99 Å². The molecule has 1 fully saturated rings. The Morgan fingerprint density at radius 1 is 1.67 bits per heavy atom. The second-order valence-corrected chi connectivity index (χ2v) is 1.72. The molecule has 0 aromatic carbocycles. The van der Waals surface area contributed by atoms with Crippen molar-refractivity contribution in [1.29, 1.82) is 0 Å². The summed E-state index contributed by atoms with van der Waals surface area (Å²) in [6.07, 6.45) is 0. The molecule has 1 saturated heterocycles. The molecule has 0 aliphatic carbocycles. The van der Waals surface area contributed by atoms with Crippen molar-refractivity contribution >= 4 is 5.84 Å². The van der Waals surface area contributed by atoms with E-state index in [0.717, 1.165) is 6.54 Å². The first-order valence-electron chi connectivity index (χ1n) is 2.25. The first-order chi connectivity index (χ1) is 2.97. The Balaban J connectivity index is 2.35. The van der Waals surface area contributed by atoms with Gasteiger partial charge in [-0.15, -0.1) is 0 Å². The molecule has 2 aliphatic heterocycles. The summed E-state index contributed by atoms with van der Waals surface area (Å²) in [6, 6.07) is 0. The predicted octanol–water partition coefficient (Wildman–Crippen LogP) is -0.286. The van der Waals surface area contributed by atoms with Crippen molar-refractivity contribution in [1.82, 2.24) is 4.90 Å². The maximum absolute atomic E-state index is 4.15. The smallest absolute Gasteiger partial charge is 0.119 e. The molecule has 0 radical (unpaired) electrons. The Hall–Kier alpha value is -0.530. The van der Waals surface area contributed by atoms with Crippen LogP contribution in [0.4, 0.5) is 0 Å². The normalized spacial score (nSPS) is 26.7. The average molecular weight is 82.1 g/mol. The lowest BCUT2D eigenvalue weighted by Crippen LogP contribution is -1.95. The van der Waals surface area contributed by atoms with Gasteiger partial charge in [0.25, 0.3) is 0 Å². The summed E-state index contributed by atoms with van der Waals surface area (Å²) in [7, 11) is 0. The number of aliphatic imine (C=N–C) groups is 1. The van der Waals surface area contributed by atoms with Crippen LogP contribution in [0.5, 0.6) is 0 Å². The third-order valence-corrected chi connectivity index (χ3v) is 1.26. The summed E-state index contributed by atoms with van der Waals surface area (Å²) in [6.45, 7) is 3.41. The molecule has 2 nitrogen and oxygen atoms in total. The molecule has 0 N–H and O–H groups in total. The van der Waals surface area contributed by atoms with Crippen LogP contribution in [-0.4, -0.2) is 30.4 Å². The van der Waals surface area contributed by atoms with Crippen LogP contribution in [0.1, 0.15) is 0 Å². The highest BCUT2D eigenvalue weighted by Gasteiger charge is 2.30. The van der Waals surface area contributed by atoms with E-state index in [-0.39, 0.29) is 0 Å². The van der Waals surface area contributed by atoms with Gasteiger partial charge in [0.1, 0.15) is 5.84 Å². The van der Waals surface area contributed by atoms with E-state index < -0.39 is 0 Å². The Morgan fingerprint density at radius 3 is 2.83 bits per heavy atom. The maximum Gasteiger partial charge on any atom is 0.119 e. The van der Waals surface area contributed by atoms with Crippen LogP contribution in [-0.2, 0) is 0 Å². The molecule has 0 atom stereocenters. The van der Waals surface area contributed by atoms with Gasteiger partial charge in [0.05, 0.1) is 13.1 Å². The van der Waals surface area contributed by atoms with E-state index in [1.54, 1.807) is 0 Å². The van der Waals surface area contributed by atoms with E-state index in [4.69, 9.17) is 0 Å². The fourth-order valence-corrected chi connectivity index (χ4v) is 0.793. The zero-order valence-electron chi connectivity index (χ0n) is 3.52. The van der Waals surface area contributed by atoms with Crippen molar-refractivity contribution < 1.29 is 0 Å². The molecule has 0 saturated carbocycles. The molecule has 0 bridgehead atoms. The molecule has 0 unspecified atom stereocenters. The summed E-state index contributed by atoms with van der Waals surface area (Å²) in [4.78, 5) is 6.43. The van der Waals surface area contributed by atoms with Gasteiger partial charge in [0, 0.05) is 6.54 Å². The van der Waals surface area contributed by atoms with Crippen LogP contribution < -0.4 is 0 Å². The van der Waals surface area contributed by atoms with Crippen LogP contribution in [0.2, 0.25) is 0 Å². The monoisotopic (exact) mass is 82.1 g/mol. The lowest BCUT2D eigenvalue weighted by Gasteiger charge is -1.83. The molecule has 0 spiro atoms. The summed E-state index contributed by atoms with van der Waals surface area (Å²) in [5.74, 6) is 1.33. The van der Waals surface area contributed by atoms with Crippen molar-refractivity contribution in [2.45, 2.75) is 0 Å². The molecular weight excluding hydrogens is 76.1 g/mol. The zero-order valence-corrected chi connectivity index (χ0v) is 3.52. The van der Waals surface area contributed by atoms with Crippen molar-refractivity contribution in [2.24, 2.45) is 4.99 Å². The number of amidine groups is 1. The lowest BCUT2D eigenvalue weighted by atomic mass is 10.7. The molecule has 0 aromatic heterocycles. The molecule has 2 rings (SSSR count). The van der Waals surface area contributed by atoms with Crippen LogP contribution in [0.25, 0.3) is 0 Å². The molecule has 2 heterocycles. The molecule has 6 heavy (non-hydrogen) atoms. The summed E-state index contributed by atoms with van der Waals surface area (Å²) in [5, 5.41) is 0. The van der Waals surface area contributed by atoms with Crippen LogP contribution in [0.15, 0.2) is 4.99 Å². The van der Waals surface area contributed by atoms with Crippen molar-refractivity contribution in [3.63, 3.8) is 0 Å². The fourth-order valence-electron chi connectivity index (χ4n) is 0.793. The number of hydrogen-bond acceptors (Lipinski definition) is 2. The zero-order chi connectivity index (χ0) is 3.98. The van der Waals surface area contributed by atoms with Crippen LogP contribution in [0, 0.1) is 0 Å². The number of nitrogens with zero attached hydrogens (tertiary/aromatic N) is 2. The quantitative estimate of drug-likeness (QED) is 0.367. The third kappa shape index (κ3) is 0.161. The summed E-state index contributed by atoms with van der Waals surface area (Å²) in [5.41, 5.74) is 0. The minimum atomic E-state index is 1.05. The molecule has 2 aliphatic rings. The van der Waals surface area contributed by atoms with E-state index in [1.807, 2.05) is 0 Å². The number of fused-ring (bicyclic) bond motifs is 1. The molecule has 0 aromatic rings.